The topological polar surface area (TPSA) is 68.4 Å². The number of rotatable bonds is 3. The largest absolute Gasteiger partial charge is 0.466 e. The minimum Gasteiger partial charge on any atom is -0.466 e. The Balaban J connectivity index is 1.86. The second kappa shape index (κ2) is 5.60. The molecule has 3 rings (SSSR count). The number of carbonyl (C=O) groups is 2. The van der Waals surface area contributed by atoms with Crippen LogP contribution in [0.2, 0.25) is 0 Å². The summed E-state index contributed by atoms with van der Waals surface area (Å²) >= 11 is 0. The standard InChI is InChI=1S/C16H17NO4/c1-20-15(18)9-21-16(19)10-6-7-14-12(8-10)11-4-2-3-5-13(11)17-14/h6-8,17H,2-5,9H2,1H3. The minimum absolute atomic E-state index is 0.362. The van der Waals surface area contributed by atoms with E-state index in [0.717, 1.165) is 23.7 Å². The van der Waals surface area contributed by atoms with Crippen molar-refractivity contribution in [3.63, 3.8) is 0 Å². The van der Waals surface area contributed by atoms with Gasteiger partial charge in [-0.1, -0.05) is 0 Å². The number of ether oxygens (including phenoxy) is 2. The van der Waals surface area contributed by atoms with Crippen LogP contribution < -0.4 is 0 Å². The Morgan fingerprint density at radius 3 is 2.86 bits per heavy atom. The summed E-state index contributed by atoms with van der Waals surface area (Å²) in [4.78, 5) is 26.4. The first kappa shape index (κ1) is 13.7. The van der Waals surface area contributed by atoms with Crippen LogP contribution >= 0.6 is 0 Å². The Kier molecular flexibility index (Phi) is 3.64. The van der Waals surface area contributed by atoms with E-state index < -0.39 is 11.9 Å². The highest BCUT2D eigenvalue weighted by atomic mass is 16.6. The molecule has 0 saturated carbocycles. The molecule has 0 aliphatic heterocycles. The zero-order valence-electron chi connectivity index (χ0n) is 11.9. The molecule has 5 nitrogen and oxygen atoms in total. The molecule has 0 unspecified atom stereocenters. The smallest absolute Gasteiger partial charge is 0.344 e. The first-order chi connectivity index (χ1) is 10.2. The molecule has 1 aromatic heterocycles. The van der Waals surface area contributed by atoms with E-state index in [1.54, 1.807) is 6.07 Å². The van der Waals surface area contributed by atoms with Crippen LogP contribution in [-0.4, -0.2) is 30.6 Å². The number of aromatic amines is 1. The zero-order valence-corrected chi connectivity index (χ0v) is 11.9. The predicted molar refractivity (Wildman–Crippen MR) is 77.2 cm³/mol. The van der Waals surface area contributed by atoms with Crippen molar-refractivity contribution in [1.29, 1.82) is 0 Å². The number of benzene rings is 1. The highest BCUT2D eigenvalue weighted by molar-refractivity contribution is 5.96. The normalized spacial score (nSPS) is 13.8. The van der Waals surface area contributed by atoms with E-state index in [4.69, 9.17) is 4.74 Å². The van der Waals surface area contributed by atoms with Crippen molar-refractivity contribution in [1.82, 2.24) is 4.98 Å². The molecule has 1 aromatic carbocycles. The third kappa shape index (κ3) is 2.63. The van der Waals surface area contributed by atoms with Crippen molar-refractivity contribution in [2.24, 2.45) is 0 Å². The van der Waals surface area contributed by atoms with E-state index >= 15 is 0 Å². The number of aromatic nitrogens is 1. The lowest BCUT2D eigenvalue weighted by atomic mass is 9.95. The molecule has 1 aliphatic rings. The Morgan fingerprint density at radius 1 is 1.24 bits per heavy atom. The van der Waals surface area contributed by atoms with Crippen LogP contribution in [0.15, 0.2) is 18.2 Å². The maximum atomic E-state index is 12.0. The van der Waals surface area contributed by atoms with E-state index in [0.29, 0.717) is 5.56 Å². The van der Waals surface area contributed by atoms with Gasteiger partial charge in [-0.05, 0) is 49.4 Å². The van der Waals surface area contributed by atoms with Crippen molar-refractivity contribution in [2.75, 3.05) is 13.7 Å². The number of hydrogen-bond donors (Lipinski definition) is 1. The third-order valence-electron chi connectivity index (χ3n) is 3.88. The summed E-state index contributed by atoms with van der Waals surface area (Å²) in [6, 6.07) is 5.45. The maximum Gasteiger partial charge on any atom is 0.344 e. The summed E-state index contributed by atoms with van der Waals surface area (Å²) in [7, 11) is 1.26. The van der Waals surface area contributed by atoms with E-state index in [1.807, 2.05) is 12.1 Å². The maximum absolute atomic E-state index is 12.0. The highest BCUT2D eigenvalue weighted by Gasteiger charge is 2.17. The average Bonchev–Trinajstić information content (AvgIpc) is 2.90. The monoisotopic (exact) mass is 287 g/mol. The van der Waals surface area contributed by atoms with Crippen LogP contribution in [-0.2, 0) is 27.1 Å². The van der Waals surface area contributed by atoms with Gasteiger partial charge < -0.3 is 14.5 Å². The van der Waals surface area contributed by atoms with E-state index in [1.165, 1.54) is 31.2 Å². The average molecular weight is 287 g/mol. The number of esters is 2. The van der Waals surface area contributed by atoms with Crippen LogP contribution in [0.5, 0.6) is 0 Å². The molecule has 0 fully saturated rings. The lowest BCUT2D eigenvalue weighted by Gasteiger charge is -2.10. The van der Waals surface area contributed by atoms with Gasteiger partial charge in [-0.25, -0.2) is 9.59 Å². The number of carbonyl (C=O) groups excluding carboxylic acids is 2. The molecule has 0 radical (unpaired) electrons. The number of hydrogen-bond acceptors (Lipinski definition) is 4. The molecule has 0 atom stereocenters. The van der Waals surface area contributed by atoms with Gasteiger partial charge in [0.1, 0.15) is 0 Å². The molecule has 0 amide bonds. The molecule has 0 spiro atoms. The lowest BCUT2D eigenvalue weighted by Crippen LogP contribution is -2.15. The fraction of sp³-hybridized carbons (Fsp3) is 0.375. The Labute approximate surface area is 122 Å². The molecule has 2 aromatic rings. The quantitative estimate of drug-likeness (QED) is 0.880. The van der Waals surface area contributed by atoms with Gasteiger partial charge in [0, 0.05) is 16.6 Å². The summed E-state index contributed by atoms with van der Waals surface area (Å²) in [5, 5.41) is 1.08. The van der Waals surface area contributed by atoms with Gasteiger partial charge in [0.25, 0.3) is 0 Å². The van der Waals surface area contributed by atoms with Gasteiger partial charge >= 0.3 is 11.9 Å². The van der Waals surface area contributed by atoms with Gasteiger partial charge in [-0.2, -0.15) is 0 Å². The molecular formula is C16H17NO4. The van der Waals surface area contributed by atoms with Gasteiger partial charge in [0.2, 0.25) is 0 Å². The highest BCUT2D eigenvalue weighted by Crippen LogP contribution is 2.29. The summed E-state index contributed by atoms with van der Waals surface area (Å²) in [6.07, 6.45) is 4.48. The fourth-order valence-corrected chi connectivity index (χ4v) is 2.80. The number of fused-ring (bicyclic) bond motifs is 3. The van der Waals surface area contributed by atoms with Crippen LogP contribution in [0.4, 0.5) is 0 Å². The number of H-pyrrole nitrogens is 1. The first-order valence-corrected chi connectivity index (χ1v) is 7.06. The second-order valence-corrected chi connectivity index (χ2v) is 5.20. The molecular weight excluding hydrogens is 270 g/mol. The summed E-state index contributed by atoms with van der Waals surface area (Å²) in [6.45, 7) is -0.362. The molecule has 110 valence electrons. The second-order valence-electron chi connectivity index (χ2n) is 5.20. The first-order valence-electron chi connectivity index (χ1n) is 7.06. The Morgan fingerprint density at radius 2 is 2.05 bits per heavy atom. The molecule has 0 saturated heterocycles. The molecule has 1 N–H and O–H groups in total. The van der Waals surface area contributed by atoms with Crippen LogP contribution in [0.25, 0.3) is 10.9 Å². The van der Waals surface area contributed by atoms with Crippen molar-refractivity contribution in [3.8, 4) is 0 Å². The van der Waals surface area contributed by atoms with Crippen LogP contribution in [0.3, 0.4) is 0 Å². The Bertz CT molecular complexity index is 702. The fourth-order valence-electron chi connectivity index (χ4n) is 2.80. The van der Waals surface area contributed by atoms with Crippen molar-refractivity contribution >= 4 is 22.8 Å². The van der Waals surface area contributed by atoms with Gasteiger partial charge in [0.05, 0.1) is 12.7 Å². The Hall–Kier alpha value is -2.30. The zero-order chi connectivity index (χ0) is 14.8. The molecule has 0 bridgehead atoms. The van der Waals surface area contributed by atoms with Crippen LogP contribution in [0, 0.1) is 0 Å². The number of aryl methyl sites for hydroxylation is 2. The summed E-state index contributed by atoms with van der Waals surface area (Å²) in [5.74, 6) is -1.07. The summed E-state index contributed by atoms with van der Waals surface area (Å²) in [5.41, 5.74) is 4.08. The third-order valence-corrected chi connectivity index (χ3v) is 3.88. The number of methoxy groups -OCH3 is 1. The molecule has 5 heteroatoms. The van der Waals surface area contributed by atoms with E-state index in [9.17, 15) is 9.59 Å². The van der Waals surface area contributed by atoms with Crippen molar-refractivity contribution in [3.05, 3.63) is 35.0 Å². The lowest BCUT2D eigenvalue weighted by molar-refractivity contribution is -0.144. The van der Waals surface area contributed by atoms with Gasteiger partial charge in [-0.3, -0.25) is 0 Å². The summed E-state index contributed by atoms with van der Waals surface area (Å²) < 4.78 is 9.37. The molecule has 1 aliphatic carbocycles. The van der Waals surface area contributed by atoms with E-state index in [-0.39, 0.29) is 6.61 Å². The van der Waals surface area contributed by atoms with E-state index in [2.05, 4.69) is 9.72 Å². The van der Waals surface area contributed by atoms with Gasteiger partial charge in [-0.15, -0.1) is 0 Å². The van der Waals surface area contributed by atoms with Crippen molar-refractivity contribution < 1.29 is 19.1 Å². The van der Waals surface area contributed by atoms with Crippen LogP contribution in [0.1, 0.15) is 34.5 Å². The molecule has 1 heterocycles. The SMILES string of the molecule is COC(=O)COC(=O)c1ccc2[nH]c3c(c2c1)CCCC3. The molecule has 21 heavy (non-hydrogen) atoms. The van der Waals surface area contributed by atoms with Gasteiger partial charge in [0.15, 0.2) is 6.61 Å². The number of nitrogens with one attached hydrogen (secondary N) is 1. The minimum atomic E-state index is -0.566. The van der Waals surface area contributed by atoms with Crippen molar-refractivity contribution in [2.45, 2.75) is 25.7 Å². The predicted octanol–water partition coefficient (Wildman–Crippen LogP) is 2.38.